The molecule has 1 aliphatic carbocycles. The highest BCUT2D eigenvalue weighted by Crippen LogP contribution is 2.64. The topological polar surface area (TPSA) is 33.2 Å². The third-order valence-electron chi connectivity index (χ3n) is 3.80. The van der Waals surface area contributed by atoms with Crippen LogP contribution in [0.4, 0.5) is 5.13 Å². The Bertz CT molecular complexity index is 652. The molecule has 2 aromatic rings. The number of amides is 1. The monoisotopic (exact) mass is 328 g/mol. The molecule has 0 N–H and O–H groups in total. The van der Waals surface area contributed by atoms with Gasteiger partial charge in [-0.3, -0.25) is 9.69 Å². The molecule has 0 saturated heterocycles. The zero-order valence-electron chi connectivity index (χ0n) is 11.2. The van der Waals surface area contributed by atoms with Crippen LogP contribution >= 0.6 is 34.5 Å². The van der Waals surface area contributed by atoms with Crippen LogP contribution in [0.1, 0.15) is 20.3 Å². The van der Waals surface area contributed by atoms with Gasteiger partial charge >= 0.3 is 0 Å². The number of hydrogen-bond acceptors (Lipinski definition) is 3. The van der Waals surface area contributed by atoms with E-state index < -0.39 is 9.75 Å². The van der Waals surface area contributed by atoms with Crippen molar-refractivity contribution in [3.63, 3.8) is 0 Å². The van der Waals surface area contributed by atoms with E-state index in [9.17, 15) is 4.79 Å². The Labute approximate surface area is 131 Å². The highest BCUT2D eigenvalue weighted by Gasteiger charge is 2.69. The summed E-state index contributed by atoms with van der Waals surface area (Å²) in [6, 6.07) is 7.85. The number of fused-ring (bicyclic) bond motifs is 1. The van der Waals surface area contributed by atoms with Crippen LogP contribution in [-0.2, 0) is 4.79 Å². The van der Waals surface area contributed by atoms with Gasteiger partial charge in [0.25, 0.3) is 0 Å². The minimum Gasteiger partial charge on any atom is -0.288 e. The predicted molar refractivity (Wildman–Crippen MR) is 84.8 cm³/mol. The van der Waals surface area contributed by atoms with E-state index in [0.717, 1.165) is 10.2 Å². The lowest BCUT2D eigenvalue weighted by molar-refractivity contribution is -0.123. The second-order valence-electron chi connectivity index (χ2n) is 5.23. The fourth-order valence-electron chi connectivity index (χ4n) is 2.27. The Morgan fingerprint density at radius 3 is 2.65 bits per heavy atom. The maximum absolute atomic E-state index is 12.7. The number of benzene rings is 1. The van der Waals surface area contributed by atoms with Crippen LogP contribution in [0.5, 0.6) is 0 Å². The van der Waals surface area contributed by atoms with E-state index in [1.807, 2.05) is 38.1 Å². The summed E-state index contributed by atoms with van der Waals surface area (Å²) >= 11 is 13.7. The minimum absolute atomic E-state index is 0.0518. The summed E-state index contributed by atoms with van der Waals surface area (Å²) in [5.74, 6) is -0.0518. The number of aromatic nitrogens is 1. The largest absolute Gasteiger partial charge is 0.288 e. The van der Waals surface area contributed by atoms with Gasteiger partial charge in [0.05, 0.1) is 15.6 Å². The van der Waals surface area contributed by atoms with Crippen LogP contribution in [0, 0.1) is 5.41 Å². The molecular weight excluding hydrogens is 315 g/mol. The molecule has 1 saturated carbocycles. The van der Waals surface area contributed by atoms with Crippen LogP contribution in [-0.4, -0.2) is 21.8 Å². The minimum atomic E-state index is -0.950. The van der Waals surface area contributed by atoms with E-state index in [4.69, 9.17) is 23.2 Å². The SMILES string of the molecule is CCN(C(=O)[C@]1(C)CC1(Cl)Cl)c1nc2ccccc2s1. The first kappa shape index (κ1) is 14.1. The highest BCUT2D eigenvalue weighted by molar-refractivity contribution is 7.22. The van der Waals surface area contributed by atoms with Crippen LogP contribution in [0.25, 0.3) is 10.2 Å². The molecule has 20 heavy (non-hydrogen) atoms. The summed E-state index contributed by atoms with van der Waals surface area (Å²) < 4.78 is 0.117. The smallest absolute Gasteiger partial charge is 0.237 e. The number of carbonyl (C=O) groups excluding carboxylic acids is 1. The number of rotatable bonds is 3. The number of carbonyl (C=O) groups is 1. The van der Waals surface area contributed by atoms with Crippen LogP contribution in [0.3, 0.4) is 0 Å². The van der Waals surface area contributed by atoms with Crippen LogP contribution < -0.4 is 4.90 Å². The summed E-state index contributed by atoms with van der Waals surface area (Å²) in [5, 5.41) is 0.705. The third-order valence-corrected chi connectivity index (χ3v) is 5.97. The van der Waals surface area contributed by atoms with E-state index in [2.05, 4.69) is 4.98 Å². The van der Waals surface area contributed by atoms with Gasteiger partial charge in [0.2, 0.25) is 5.91 Å². The van der Waals surface area contributed by atoms with Crippen molar-refractivity contribution in [3.05, 3.63) is 24.3 Å². The molecule has 3 nitrogen and oxygen atoms in total. The van der Waals surface area contributed by atoms with Gasteiger partial charge in [0.15, 0.2) is 5.13 Å². The van der Waals surface area contributed by atoms with Crippen molar-refractivity contribution >= 4 is 55.8 Å². The normalized spacial score (nSPS) is 23.8. The van der Waals surface area contributed by atoms with Crippen molar-refractivity contribution in [1.29, 1.82) is 0 Å². The molecule has 1 aromatic carbocycles. The average molecular weight is 329 g/mol. The summed E-state index contributed by atoms with van der Waals surface area (Å²) in [6.45, 7) is 4.29. The van der Waals surface area contributed by atoms with Gasteiger partial charge in [0.1, 0.15) is 4.33 Å². The Hall–Kier alpha value is -0.840. The molecule has 1 heterocycles. The van der Waals surface area contributed by atoms with Gasteiger partial charge < -0.3 is 0 Å². The van der Waals surface area contributed by atoms with E-state index in [-0.39, 0.29) is 5.91 Å². The summed E-state index contributed by atoms with van der Waals surface area (Å²) in [7, 11) is 0. The first-order valence-corrected chi connectivity index (χ1v) is 8.01. The third kappa shape index (κ3) is 2.01. The van der Waals surface area contributed by atoms with Crippen molar-refractivity contribution in [3.8, 4) is 0 Å². The molecule has 1 amide bonds. The quantitative estimate of drug-likeness (QED) is 0.790. The van der Waals surface area contributed by atoms with Gasteiger partial charge in [-0.1, -0.05) is 23.5 Å². The Balaban J connectivity index is 1.96. The zero-order valence-corrected chi connectivity index (χ0v) is 13.5. The fraction of sp³-hybridized carbons (Fsp3) is 0.429. The highest BCUT2D eigenvalue weighted by atomic mass is 35.5. The average Bonchev–Trinajstić information content (AvgIpc) is 2.75. The predicted octanol–water partition coefficient (Wildman–Crippen LogP) is 4.23. The Morgan fingerprint density at radius 1 is 1.45 bits per heavy atom. The maximum atomic E-state index is 12.7. The maximum Gasteiger partial charge on any atom is 0.237 e. The molecule has 0 bridgehead atoms. The van der Waals surface area contributed by atoms with Gasteiger partial charge in [-0.2, -0.15) is 0 Å². The van der Waals surface area contributed by atoms with Gasteiger partial charge in [0, 0.05) is 6.54 Å². The number of halogens is 2. The Morgan fingerprint density at radius 2 is 2.10 bits per heavy atom. The molecule has 6 heteroatoms. The summed E-state index contributed by atoms with van der Waals surface area (Å²) in [5.41, 5.74) is 0.201. The van der Waals surface area contributed by atoms with E-state index in [1.165, 1.54) is 11.3 Å². The van der Waals surface area contributed by atoms with Crippen molar-refractivity contribution in [2.75, 3.05) is 11.4 Å². The van der Waals surface area contributed by atoms with Crippen LogP contribution in [0.2, 0.25) is 0 Å². The van der Waals surface area contributed by atoms with Gasteiger partial charge in [-0.05, 0) is 32.4 Å². The second kappa shape index (κ2) is 4.58. The molecule has 0 radical (unpaired) electrons. The molecule has 3 rings (SSSR count). The molecule has 1 aliphatic rings. The first-order valence-electron chi connectivity index (χ1n) is 6.44. The molecule has 106 valence electrons. The fourth-order valence-corrected chi connectivity index (χ4v) is 3.99. The van der Waals surface area contributed by atoms with Crippen molar-refractivity contribution in [2.24, 2.45) is 5.41 Å². The van der Waals surface area contributed by atoms with Gasteiger partial charge in [-0.25, -0.2) is 4.98 Å². The Kier molecular flexibility index (Phi) is 3.23. The lowest BCUT2D eigenvalue weighted by Crippen LogP contribution is -2.38. The van der Waals surface area contributed by atoms with E-state index in [1.54, 1.807) is 4.90 Å². The lowest BCUT2D eigenvalue weighted by atomic mass is 10.1. The first-order chi connectivity index (χ1) is 9.39. The van der Waals surface area contributed by atoms with Crippen molar-refractivity contribution in [1.82, 2.24) is 4.98 Å². The number of thiazole rings is 1. The molecule has 1 fully saturated rings. The molecule has 1 aromatic heterocycles. The number of para-hydroxylation sites is 1. The number of alkyl halides is 2. The van der Waals surface area contributed by atoms with Crippen LogP contribution in [0.15, 0.2) is 24.3 Å². The van der Waals surface area contributed by atoms with E-state index in [0.29, 0.717) is 18.1 Å². The molecule has 0 aliphatic heterocycles. The van der Waals surface area contributed by atoms with E-state index >= 15 is 0 Å². The molecule has 0 unspecified atom stereocenters. The zero-order chi connectivity index (χ0) is 14.5. The molecular formula is C14H14Cl2N2OS. The van der Waals surface area contributed by atoms with Crippen molar-refractivity contribution < 1.29 is 4.79 Å². The van der Waals surface area contributed by atoms with Crippen molar-refractivity contribution in [2.45, 2.75) is 24.6 Å². The molecule has 1 atom stereocenters. The number of anilines is 1. The standard InChI is InChI=1S/C14H14Cl2N2OS/c1-3-18(11(19)13(2)8-14(13,15)16)12-17-9-6-4-5-7-10(9)20-12/h4-7H,3,8H2,1-2H3/t13-/m0/s1. The number of nitrogens with zero attached hydrogens (tertiary/aromatic N) is 2. The summed E-state index contributed by atoms with van der Waals surface area (Å²) in [4.78, 5) is 18.9. The lowest BCUT2D eigenvalue weighted by Gasteiger charge is -2.22. The van der Waals surface area contributed by atoms with Gasteiger partial charge in [-0.15, -0.1) is 23.2 Å². The number of hydrogen-bond donors (Lipinski definition) is 0. The summed E-state index contributed by atoms with van der Waals surface area (Å²) in [6.07, 6.45) is 0.489. The second-order valence-corrected chi connectivity index (χ2v) is 7.72. The molecule has 0 spiro atoms.